The second-order valence-electron chi connectivity index (χ2n) is 4.25. The second-order valence-corrected chi connectivity index (χ2v) is 5.30. The maximum absolute atomic E-state index is 5.58. The first-order chi connectivity index (χ1) is 9.86. The number of hydrazine groups is 1. The monoisotopic (exact) mass is 289 g/mol. The molecule has 0 atom stereocenters. The molecule has 0 saturated heterocycles. The van der Waals surface area contributed by atoms with Crippen LogP contribution in [-0.4, -0.2) is 18.2 Å². The van der Waals surface area contributed by atoms with Gasteiger partial charge in [-0.3, -0.25) is 0 Å². The van der Waals surface area contributed by atoms with Crippen LogP contribution in [0.1, 0.15) is 5.56 Å². The van der Waals surface area contributed by atoms with Gasteiger partial charge in [-0.15, -0.1) is 11.8 Å². The highest BCUT2D eigenvalue weighted by Gasteiger charge is 2.12. The fourth-order valence-electron chi connectivity index (χ4n) is 1.96. The molecule has 0 fully saturated rings. The summed E-state index contributed by atoms with van der Waals surface area (Å²) in [6, 6.07) is 9.89. The molecule has 0 bridgehead atoms. The van der Waals surface area contributed by atoms with Gasteiger partial charge in [0.25, 0.3) is 0 Å². The Hall–Kier alpha value is -1.92. The van der Waals surface area contributed by atoms with E-state index < -0.39 is 0 Å². The molecule has 6 heteroatoms. The van der Waals surface area contributed by atoms with Crippen molar-refractivity contribution in [2.75, 3.05) is 18.6 Å². The van der Waals surface area contributed by atoms with Gasteiger partial charge >= 0.3 is 0 Å². The lowest BCUT2D eigenvalue weighted by Gasteiger charge is -2.18. The molecule has 0 aliphatic carbocycles. The van der Waals surface area contributed by atoms with Gasteiger partial charge in [0.2, 0.25) is 0 Å². The van der Waals surface area contributed by atoms with Gasteiger partial charge in [0.05, 0.1) is 0 Å². The number of hydrogen-bond donors (Lipinski definition) is 2. The lowest BCUT2D eigenvalue weighted by Crippen LogP contribution is -2.15. The molecule has 1 aliphatic heterocycles. The molecule has 104 valence electrons. The van der Waals surface area contributed by atoms with E-state index in [2.05, 4.69) is 10.4 Å². The van der Waals surface area contributed by atoms with Crippen molar-refractivity contribution < 1.29 is 9.47 Å². The van der Waals surface area contributed by atoms with E-state index in [0.717, 1.165) is 27.7 Å². The molecule has 0 radical (unpaired) electrons. The number of nitrogens with two attached hydrogens (primary N) is 1. The summed E-state index contributed by atoms with van der Waals surface area (Å²) < 4.78 is 11.1. The summed E-state index contributed by atoms with van der Waals surface area (Å²) in [5.74, 6) is 8.56. The number of anilines is 1. The fourth-order valence-corrected chi connectivity index (χ4v) is 2.87. The van der Waals surface area contributed by atoms with Crippen molar-refractivity contribution in [1.82, 2.24) is 4.98 Å². The predicted molar refractivity (Wildman–Crippen MR) is 79.0 cm³/mol. The van der Waals surface area contributed by atoms with Gasteiger partial charge in [-0.05, 0) is 24.3 Å². The number of nitrogens with zero attached hydrogens (tertiary/aromatic N) is 1. The SMILES string of the molecule is NNc1ncccc1CSc1ccc2c(c1)OCCO2. The number of fused-ring (bicyclic) bond motifs is 1. The van der Waals surface area contributed by atoms with Crippen molar-refractivity contribution in [2.45, 2.75) is 10.6 Å². The first-order valence-electron chi connectivity index (χ1n) is 6.30. The highest BCUT2D eigenvalue weighted by molar-refractivity contribution is 7.98. The highest BCUT2D eigenvalue weighted by atomic mass is 32.2. The van der Waals surface area contributed by atoms with Gasteiger partial charge in [0.1, 0.15) is 19.0 Å². The van der Waals surface area contributed by atoms with E-state index in [9.17, 15) is 0 Å². The molecule has 0 spiro atoms. The number of ether oxygens (including phenoxy) is 2. The molecule has 3 rings (SSSR count). The molecule has 2 heterocycles. The minimum atomic E-state index is 0.602. The topological polar surface area (TPSA) is 69.4 Å². The van der Waals surface area contributed by atoms with E-state index in [1.807, 2.05) is 30.3 Å². The minimum Gasteiger partial charge on any atom is -0.486 e. The largest absolute Gasteiger partial charge is 0.486 e. The Morgan fingerprint density at radius 2 is 2.05 bits per heavy atom. The molecular formula is C14H15N3O2S. The molecule has 0 amide bonds. The molecule has 0 saturated carbocycles. The molecular weight excluding hydrogens is 274 g/mol. The summed E-state index contributed by atoms with van der Waals surface area (Å²) in [7, 11) is 0. The van der Waals surface area contributed by atoms with E-state index >= 15 is 0 Å². The normalized spacial score (nSPS) is 13.1. The standard InChI is InChI=1S/C14H15N3O2S/c15-17-14-10(2-1-5-16-14)9-20-11-3-4-12-13(8-11)19-7-6-18-12/h1-5,8H,6-7,9,15H2,(H,16,17). The zero-order chi connectivity index (χ0) is 13.8. The molecule has 1 aromatic heterocycles. The quantitative estimate of drug-likeness (QED) is 0.512. The Morgan fingerprint density at radius 1 is 1.20 bits per heavy atom. The van der Waals surface area contributed by atoms with Gasteiger partial charge < -0.3 is 14.9 Å². The third-order valence-corrected chi connectivity index (χ3v) is 3.98. The number of aromatic nitrogens is 1. The molecule has 5 nitrogen and oxygen atoms in total. The van der Waals surface area contributed by atoms with Crippen molar-refractivity contribution in [3.8, 4) is 11.5 Å². The first kappa shape index (κ1) is 13.1. The predicted octanol–water partition coefficient (Wildman–Crippen LogP) is 2.43. The summed E-state index contributed by atoms with van der Waals surface area (Å²) in [5.41, 5.74) is 3.68. The smallest absolute Gasteiger partial charge is 0.162 e. The molecule has 2 aromatic rings. The first-order valence-corrected chi connectivity index (χ1v) is 7.28. The molecule has 20 heavy (non-hydrogen) atoms. The van der Waals surface area contributed by atoms with Crippen molar-refractivity contribution in [1.29, 1.82) is 0 Å². The zero-order valence-corrected chi connectivity index (χ0v) is 11.7. The van der Waals surface area contributed by atoms with Crippen LogP contribution in [0.15, 0.2) is 41.4 Å². The lowest BCUT2D eigenvalue weighted by atomic mass is 10.3. The van der Waals surface area contributed by atoms with Crippen molar-refractivity contribution >= 4 is 17.6 Å². The van der Waals surface area contributed by atoms with E-state index in [1.165, 1.54) is 0 Å². The fraction of sp³-hybridized carbons (Fsp3) is 0.214. The Bertz CT molecular complexity index is 607. The van der Waals surface area contributed by atoms with Crippen LogP contribution in [0.3, 0.4) is 0 Å². The molecule has 1 aromatic carbocycles. The summed E-state index contributed by atoms with van der Waals surface area (Å²) in [6.07, 6.45) is 1.72. The van der Waals surface area contributed by atoms with Crippen LogP contribution >= 0.6 is 11.8 Å². The van der Waals surface area contributed by atoms with Gasteiger partial charge in [0, 0.05) is 22.4 Å². The van der Waals surface area contributed by atoms with Crippen LogP contribution in [0.2, 0.25) is 0 Å². The maximum atomic E-state index is 5.58. The van der Waals surface area contributed by atoms with Crippen LogP contribution in [0.5, 0.6) is 11.5 Å². The third kappa shape index (κ3) is 2.81. The second kappa shape index (κ2) is 6.02. The van der Waals surface area contributed by atoms with Crippen LogP contribution < -0.4 is 20.7 Å². The summed E-state index contributed by atoms with van der Waals surface area (Å²) in [5, 5.41) is 0. The Kier molecular flexibility index (Phi) is 3.94. The van der Waals surface area contributed by atoms with E-state index in [1.54, 1.807) is 18.0 Å². The van der Waals surface area contributed by atoms with Crippen molar-refractivity contribution in [3.63, 3.8) is 0 Å². The minimum absolute atomic E-state index is 0.602. The van der Waals surface area contributed by atoms with Gasteiger partial charge in [-0.2, -0.15) is 0 Å². The van der Waals surface area contributed by atoms with E-state index in [-0.39, 0.29) is 0 Å². The third-order valence-electron chi connectivity index (χ3n) is 2.94. The number of rotatable bonds is 4. The summed E-state index contributed by atoms with van der Waals surface area (Å²) >= 11 is 1.70. The lowest BCUT2D eigenvalue weighted by molar-refractivity contribution is 0.171. The number of hydrogen-bond acceptors (Lipinski definition) is 6. The number of benzene rings is 1. The molecule has 1 aliphatic rings. The Balaban J connectivity index is 1.72. The molecule has 3 N–H and O–H groups in total. The molecule has 0 unspecified atom stereocenters. The number of nitrogens with one attached hydrogen (secondary N) is 1. The zero-order valence-electron chi connectivity index (χ0n) is 10.8. The Labute approximate surface area is 121 Å². The van der Waals surface area contributed by atoms with Crippen molar-refractivity contribution in [2.24, 2.45) is 5.84 Å². The van der Waals surface area contributed by atoms with Crippen molar-refractivity contribution in [3.05, 3.63) is 42.1 Å². The van der Waals surface area contributed by atoms with Crippen LogP contribution in [-0.2, 0) is 5.75 Å². The summed E-state index contributed by atoms with van der Waals surface area (Å²) in [6.45, 7) is 1.21. The maximum Gasteiger partial charge on any atom is 0.162 e. The van der Waals surface area contributed by atoms with Gasteiger partial charge in [-0.25, -0.2) is 10.8 Å². The highest BCUT2D eigenvalue weighted by Crippen LogP contribution is 2.35. The number of pyridine rings is 1. The van der Waals surface area contributed by atoms with E-state index in [0.29, 0.717) is 19.0 Å². The number of nitrogen functional groups attached to an aromatic ring is 1. The van der Waals surface area contributed by atoms with Crippen LogP contribution in [0.25, 0.3) is 0 Å². The average molecular weight is 289 g/mol. The van der Waals surface area contributed by atoms with Gasteiger partial charge in [0.15, 0.2) is 11.5 Å². The van der Waals surface area contributed by atoms with Gasteiger partial charge in [-0.1, -0.05) is 6.07 Å². The van der Waals surface area contributed by atoms with Crippen LogP contribution in [0.4, 0.5) is 5.82 Å². The number of thioether (sulfide) groups is 1. The van der Waals surface area contributed by atoms with E-state index in [4.69, 9.17) is 15.3 Å². The Morgan fingerprint density at radius 3 is 2.90 bits per heavy atom. The van der Waals surface area contributed by atoms with Crippen LogP contribution in [0, 0.1) is 0 Å². The summed E-state index contributed by atoms with van der Waals surface area (Å²) in [4.78, 5) is 5.31. The average Bonchev–Trinajstić information content (AvgIpc) is 2.53.